The zero-order chi connectivity index (χ0) is 20.0. The van der Waals surface area contributed by atoms with E-state index in [1.807, 2.05) is 42.3 Å². The maximum Gasteiger partial charge on any atom is 0.240 e. The number of benzene rings is 2. The minimum absolute atomic E-state index is 0.242. The molecule has 1 amide bonds. The van der Waals surface area contributed by atoms with Crippen LogP contribution >= 0.6 is 23.2 Å². The van der Waals surface area contributed by atoms with Crippen LogP contribution in [0, 0.1) is 0 Å². The summed E-state index contributed by atoms with van der Waals surface area (Å²) in [6.45, 7) is 0.598. The van der Waals surface area contributed by atoms with Crippen molar-refractivity contribution in [2.24, 2.45) is 0 Å². The molecule has 146 valence electrons. The second kappa shape index (κ2) is 9.30. The fraction of sp³-hybridized carbons (Fsp3) is 0.278. The van der Waals surface area contributed by atoms with Crippen molar-refractivity contribution < 1.29 is 13.2 Å². The average molecular weight is 430 g/mol. The minimum Gasteiger partial charge on any atom is -0.373 e. The molecule has 0 atom stereocenters. The van der Waals surface area contributed by atoms with E-state index in [1.165, 1.54) is 18.2 Å². The largest absolute Gasteiger partial charge is 0.373 e. The lowest BCUT2D eigenvalue weighted by Gasteiger charge is -2.23. The molecule has 0 aromatic heterocycles. The molecular weight excluding hydrogens is 409 g/mol. The molecular formula is C18H21Cl2N3O3S. The predicted octanol–water partition coefficient (Wildman–Crippen LogP) is 3.01. The van der Waals surface area contributed by atoms with E-state index >= 15 is 0 Å². The number of nitrogens with one attached hydrogen (secondary N) is 1. The lowest BCUT2D eigenvalue weighted by Crippen LogP contribution is -2.42. The number of sulfonamides is 1. The Morgan fingerprint density at radius 1 is 1.04 bits per heavy atom. The average Bonchev–Trinajstić information content (AvgIpc) is 2.58. The summed E-state index contributed by atoms with van der Waals surface area (Å²) >= 11 is 11.9. The van der Waals surface area contributed by atoms with Crippen LogP contribution in [-0.2, 0) is 14.8 Å². The van der Waals surface area contributed by atoms with E-state index in [2.05, 4.69) is 5.32 Å². The van der Waals surface area contributed by atoms with Crippen molar-refractivity contribution in [3.63, 3.8) is 0 Å². The van der Waals surface area contributed by atoms with Gasteiger partial charge in [0.1, 0.15) is 6.54 Å². The van der Waals surface area contributed by atoms with Crippen LogP contribution in [0.2, 0.25) is 10.0 Å². The highest BCUT2D eigenvalue weighted by molar-refractivity contribution is 7.92. The van der Waals surface area contributed by atoms with Gasteiger partial charge >= 0.3 is 0 Å². The molecule has 6 nitrogen and oxygen atoms in total. The molecule has 2 rings (SSSR count). The predicted molar refractivity (Wildman–Crippen MR) is 111 cm³/mol. The zero-order valence-corrected chi connectivity index (χ0v) is 17.4. The summed E-state index contributed by atoms with van der Waals surface area (Å²) in [5.41, 5.74) is 1.27. The second-order valence-corrected chi connectivity index (χ2v) is 8.78. The Labute approximate surface area is 169 Å². The fourth-order valence-electron chi connectivity index (χ4n) is 2.44. The highest BCUT2D eigenvalue weighted by atomic mass is 35.5. The third-order valence-electron chi connectivity index (χ3n) is 3.79. The Hall–Kier alpha value is -1.96. The highest BCUT2D eigenvalue weighted by Crippen LogP contribution is 2.26. The molecule has 27 heavy (non-hydrogen) atoms. The van der Waals surface area contributed by atoms with Crippen molar-refractivity contribution in [2.75, 3.05) is 42.1 Å². The third-order valence-corrected chi connectivity index (χ3v) is 5.37. The van der Waals surface area contributed by atoms with Crippen molar-refractivity contribution in [2.45, 2.75) is 0 Å². The summed E-state index contributed by atoms with van der Waals surface area (Å²) in [6.07, 6.45) is 1.03. The van der Waals surface area contributed by atoms with Gasteiger partial charge in [0.2, 0.25) is 15.9 Å². The Bertz CT molecular complexity index is 872. The molecule has 0 saturated carbocycles. The first kappa shape index (κ1) is 21.3. The first-order valence-electron chi connectivity index (χ1n) is 8.13. The van der Waals surface area contributed by atoms with Crippen LogP contribution in [0.3, 0.4) is 0 Å². The molecule has 2 aromatic carbocycles. The second-order valence-electron chi connectivity index (χ2n) is 6.00. The monoisotopic (exact) mass is 429 g/mol. The van der Waals surface area contributed by atoms with E-state index in [-0.39, 0.29) is 22.3 Å². The zero-order valence-electron chi connectivity index (χ0n) is 15.0. The molecule has 0 spiro atoms. The lowest BCUT2D eigenvalue weighted by atomic mass is 10.3. The first-order chi connectivity index (χ1) is 12.7. The lowest BCUT2D eigenvalue weighted by molar-refractivity contribution is -0.119. The van der Waals surface area contributed by atoms with Crippen LogP contribution < -0.4 is 14.5 Å². The summed E-state index contributed by atoms with van der Waals surface area (Å²) in [4.78, 5) is 14.3. The number of para-hydroxylation sites is 1. The van der Waals surface area contributed by atoms with Crippen molar-refractivity contribution in [3.8, 4) is 0 Å². The van der Waals surface area contributed by atoms with Crippen LogP contribution in [0.1, 0.15) is 0 Å². The maximum absolute atomic E-state index is 12.3. The molecule has 9 heteroatoms. The number of carbonyl (C=O) groups is 1. The molecule has 0 aliphatic carbocycles. The van der Waals surface area contributed by atoms with Gasteiger partial charge in [-0.3, -0.25) is 9.10 Å². The number of carbonyl (C=O) groups excluding carboxylic acids is 1. The minimum atomic E-state index is -3.69. The van der Waals surface area contributed by atoms with Gasteiger partial charge in [0, 0.05) is 35.9 Å². The Kier molecular flexibility index (Phi) is 7.35. The summed E-state index contributed by atoms with van der Waals surface area (Å²) in [5, 5.41) is 3.31. The number of amides is 1. The van der Waals surface area contributed by atoms with Crippen LogP contribution in [0.15, 0.2) is 48.5 Å². The van der Waals surface area contributed by atoms with E-state index in [1.54, 1.807) is 0 Å². The van der Waals surface area contributed by atoms with Gasteiger partial charge in [-0.15, -0.1) is 0 Å². The standard InChI is InChI=1S/C18H21Cl2N3O3S/c1-22(16-6-4-3-5-7-16)9-8-21-18(24)13-23(27(2,25)26)17-11-14(19)10-15(20)12-17/h3-7,10-12H,8-9,13H2,1-2H3,(H,21,24). The number of hydrogen-bond acceptors (Lipinski definition) is 4. The van der Waals surface area contributed by atoms with Gasteiger partial charge in [-0.05, 0) is 30.3 Å². The van der Waals surface area contributed by atoms with Gasteiger partial charge < -0.3 is 10.2 Å². The Balaban J connectivity index is 1.98. The van der Waals surface area contributed by atoms with Crippen LogP contribution in [-0.4, -0.2) is 47.3 Å². The van der Waals surface area contributed by atoms with Gasteiger partial charge in [-0.2, -0.15) is 0 Å². The molecule has 0 radical (unpaired) electrons. The Morgan fingerprint density at radius 3 is 2.19 bits per heavy atom. The van der Waals surface area contributed by atoms with E-state index in [9.17, 15) is 13.2 Å². The smallest absolute Gasteiger partial charge is 0.240 e. The van der Waals surface area contributed by atoms with Gasteiger partial charge in [0.25, 0.3) is 0 Å². The van der Waals surface area contributed by atoms with Crippen molar-refractivity contribution in [3.05, 3.63) is 58.6 Å². The molecule has 2 aromatic rings. The quantitative estimate of drug-likeness (QED) is 0.699. The molecule has 0 saturated heterocycles. The Morgan fingerprint density at radius 2 is 1.63 bits per heavy atom. The van der Waals surface area contributed by atoms with Crippen molar-refractivity contribution in [1.29, 1.82) is 0 Å². The van der Waals surface area contributed by atoms with Crippen molar-refractivity contribution in [1.82, 2.24) is 5.32 Å². The van der Waals surface area contributed by atoms with Gasteiger partial charge in [0.15, 0.2) is 0 Å². The molecule has 0 aliphatic heterocycles. The van der Waals surface area contributed by atoms with Gasteiger partial charge in [-0.1, -0.05) is 41.4 Å². The molecule has 0 heterocycles. The fourth-order valence-corrected chi connectivity index (χ4v) is 3.80. The van der Waals surface area contributed by atoms with E-state index in [0.717, 1.165) is 16.2 Å². The summed E-state index contributed by atoms with van der Waals surface area (Å²) in [7, 11) is -1.77. The SMILES string of the molecule is CN(CCNC(=O)CN(c1cc(Cl)cc(Cl)c1)S(C)(=O)=O)c1ccccc1. The van der Waals surface area contributed by atoms with Crippen LogP contribution in [0.4, 0.5) is 11.4 Å². The topological polar surface area (TPSA) is 69.7 Å². The molecule has 1 N–H and O–H groups in total. The molecule has 0 aliphatic rings. The number of rotatable bonds is 8. The third kappa shape index (κ3) is 6.61. The van der Waals surface area contributed by atoms with Crippen LogP contribution in [0.25, 0.3) is 0 Å². The van der Waals surface area contributed by atoms with E-state index in [4.69, 9.17) is 23.2 Å². The molecule has 0 fully saturated rings. The number of hydrogen-bond donors (Lipinski definition) is 1. The van der Waals surface area contributed by atoms with Crippen LogP contribution in [0.5, 0.6) is 0 Å². The van der Waals surface area contributed by atoms with E-state index < -0.39 is 15.9 Å². The van der Waals surface area contributed by atoms with E-state index in [0.29, 0.717) is 13.1 Å². The maximum atomic E-state index is 12.3. The normalized spacial score (nSPS) is 11.1. The summed E-state index contributed by atoms with van der Waals surface area (Å²) in [5.74, 6) is -0.419. The highest BCUT2D eigenvalue weighted by Gasteiger charge is 2.21. The van der Waals surface area contributed by atoms with Crippen molar-refractivity contribution >= 4 is 50.5 Å². The number of anilines is 2. The number of halogens is 2. The first-order valence-corrected chi connectivity index (χ1v) is 10.7. The molecule has 0 bridgehead atoms. The summed E-state index contributed by atoms with van der Waals surface area (Å²) < 4.78 is 25.2. The number of nitrogens with zero attached hydrogens (tertiary/aromatic N) is 2. The number of likely N-dealkylation sites (N-methyl/N-ethyl adjacent to an activating group) is 1. The van der Waals surface area contributed by atoms with Gasteiger partial charge in [-0.25, -0.2) is 8.42 Å². The summed E-state index contributed by atoms with van der Waals surface area (Å²) in [6, 6.07) is 14.1. The molecule has 0 unspecified atom stereocenters. The van der Waals surface area contributed by atoms with Gasteiger partial charge in [0.05, 0.1) is 11.9 Å².